The Kier molecular flexibility index (Phi) is 5.91. The van der Waals surface area contributed by atoms with Crippen LogP contribution in [0.3, 0.4) is 0 Å². The van der Waals surface area contributed by atoms with Crippen molar-refractivity contribution in [1.29, 1.82) is 0 Å². The fourth-order valence-corrected chi connectivity index (χ4v) is 3.51. The van der Waals surface area contributed by atoms with Gasteiger partial charge in [0.15, 0.2) is 0 Å². The lowest BCUT2D eigenvalue weighted by Crippen LogP contribution is -2.23. The lowest BCUT2D eigenvalue weighted by molar-refractivity contribution is 0.416. The minimum atomic E-state index is -3.33. The van der Waals surface area contributed by atoms with Gasteiger partial charge in [-0.1, -0.05) is 24.3 Å². The zero-order valence-electron chi connectivity index (χ0n) is 16.0. The molecule has 1 aromatic heterocycles. The summed E-state index contributed by atoms with van der Waals surface area (Å²) in [5.74, 6) is 1.26. The highest BCUT2D eigenvalue weighted by molar-refractivity contribution is 7.88. The first-order valence-electron chi connectivity index (χ1n) is 8.60. The summed E-state index contributed by atoms with van der Waals surface area (Å²) in [4.78, 5) is 8.59. The van der Waals surface area contributed by atoms with Gasteiger partial charge in [-0.2, -0.15) is 0 Å². The maximum Gasteiger partial charge on any atom is 0.217 e. The number of sulfonamides is 1. The van der Waals surface area contributed by atoms with Gasteiger partial charge in [0, 0.05) is 31.4 Å². The Hall–Kier alpha value is -2.97. The Balaban J connectivity index is 1.84. The van der Waals surface area contributed by atoms with Gasteiger partial charge in [-0.15, -0.1) is 0 Å². The molecule has 0 amide bonds. The van der Waals surface area contributed by atoms with Crippen molar-refractivity contribution in [3.8, 4) is 17.0 Å². The van der Waals surface area contributed by atoms with Gasteiger partial charge in [-0.05, 0) is 29.8 Å². The second-order valence-electron chi connectivity index (χ2n) is 6.35. The predicted molar refractivity (Wildman–Crippen MR) is 110 cm³/mol. The largest absolute Gasteiger partial charge is 0.496 e. The molecule has 3 aromatic rings. The maximum absolute atomic E-state index is 12.1. The van der Waals surface area contributed by atoms with E-state index in [-0.39, 0.29) is 5.75 Å². The van der Waals surface area contributed by atoms with E-state index in [0.29, 0.717) is 11.4 Å². The molecule has 2 aromatic carbocycles. The Morgan fingerprint density at radius 2 is 1.82 bits per heavy atom. The minimum Gasteiger partial charge on any atom is -0.496 e. The number of anilines is 2. The number of hydrogen-bond acceptors (Lipinski definition) is 6. The van der Waals surface area contributed by atoms with Crippen LogP contribution in [0.15, 0.2) is 60.9 Å². The van der Waals surface area contributed by atoms with Crippen LogP contribution in [-0.4, -0.2) is 43.9 Å². The monoisotopic (exact) mass is 398 g/mol. The maximum atomic E-state index is 12.1. The van der Waals surface area contributed by atoms with Crippen molar-refractivity contribution in [2.45, 2.75) is 5.75 Å². The summed E-state index contributed by atoms with van der Waals surface area (Å²) >= 11 is 0. The number of para-hydroxylation sites is 1. The molecule has 0 unspecified atom stereocenters. The average molecular weight is 398 g/mol. The van der Waals surface area contributed by atoms with Crippen LogP contribution in [0.25, 0.3) is 11.3 Å². The van der Waals surface area contributed by atoms with E-state index < -0.39 is 10.0 Å². The van der Waals surface area contributed by atoms with E-state index in [9.17, 15) is 8.42 Å². The molecule has 0 aliphatic heterocycles. The van der Waals surface area contributed by atoms with E-state index in [2.05, 4.69) is 15.3 Å². The van der Waals surface area contributed by atoms with Gasteiger partial charge in [0.1, 0.15) is 17.9 Å². The molecule has 28 heavy (non-hydrogen) atoms. The molecule has 1 heterocycles. The number of nitrogens with one attached hydrogen (secondary N) is 1. The third-order valence-electron chi connectivity index (χ3n) is 4.15. The van der Waals surface area contributed by atoms with Gasteiger partial charge in [0.25, 0.3) is 0 Å². The molecule has 3 rings (SSSR count). The first kappa shape index (κ1) is 19.8. The number of rotatable bonds is 7. The molecule has 0 radical (unpaired) electrons. The summed E-state index contributed by atoms with van der Waals surface area (Å²) in [7, 11) is 1.34. The Morgan fingerprint density at radius 1 is 1.04 bits per heavy atom. The summed E-state index contributed by atoms with van der Waals surface area (Å²) in [5.41, 5.74) is 3.02. The van der Waals surface area contributed by atoms with Crippen LogP contribution in [-0.2, 0) is 15.8 Å². The van der Waals surface area contributed by atoms with Crippen LogP contribution in [0.4, 0.5) is 11.5 Å². The van der Waals surface area contributed by atoms with Gasteiger partial charge in [-0.25, -0.2) is 22.7 Å². The van der Waals surface area contributed by atoms with Crippen molar-refractivity contribution in [2.24, 2.45) is 0 Å². The summed E-state index contributed by atoms with van der Waals surface area (Å²) in [6.07, 6.45) is 1.48. The van der Waals surface area contributed by atoms with E-state index >= 15 is 0 Å². The van der Waals surface area contributed by atoms with Crippen LogP contribution in [0, 0.1) is 0 Å². The van der Waals surface area contributed by atoms with Gasteiger partial charge in [0.05, 0.1) is 18.6 Å². The molecular weight excluding hydrogens is 376 g/mol. The fourth-order valence-electron chi connectivity index (χ4n) is 2.66. The molecule has 0 bridgehead atoms. The molecule has 0 saturated heterocycles. The molecule has 8 heteroatoms. The summed E-state index contributed by atoms with van der Waals surface area (Å²) in [6, 6.07) is 16.7. The molecule has 0 spiro atoms. The Labute approximate surface area is 165 Å². The van der Waals surface area contributed by atoms with Crippen molar-refractivity contribution >= 4 is 21.5 Å². The quantitative estimate of drug-likeness (QED) is 0.657. The van der Waals surface area contributed by atoms with E-state index in [4.69, 9.17) is 4.74 Å². The molecular formula is C20H22N4O3S. The van der Waals surface area contributed by atoms with Crippen LogP contribution < -0.4 is 10.1 Å². The van der Waals surface area contributed by atoms with E-state index in [1.54, 1.807) is 19.2 Å². The highest BCUT2D eigenvalue weighted by atomic mass is 32.2. The predicted octanol–water partition coefficient (Wildman–Crippen LogP) is 3.29. The first-order chi connectivity index (χ1) is 13.4. The van der Waals surface area contributed by atoms with Gasteiger partial charge < -0.3 is 10.1 Å². The SMILES string of the molecule is COc1ccccc1-c1cc(Nc2cccc(CS(=O)(=O)N(C)C)c2)ncn1. The van der Waals surface area contributed by atoms with Crippen molar-refractivity contribution in [3.63, 3.8) is 0 Å². The summed E-state index contributed by atoms with van der Waals surface area (Å²) in [6.45, 7) is 0. The zero-order chi connectivity index (χ0) is 20.1. The number of ether oxygens (including phenoxy) is 1. The third-order valence-corrected chi connectivity index (χ3v) is 5.97. The smallest absolute Gasteiger partial charge is 0.217 e. The van der Waals surface area contributed by atoms with Crippen molar-refractivity contribution < 1.29 is 13.2 Å². The van der Waals surface area contributed by atoms with Gasteiger partial charge >= 0.3 is 0 Å². The molecule has 0 atom stereocenters. The highest BCUT2D eigenvalue weighted by Gasteiger charge is 2.15. The molecule has 0 fully saturated rings. The highest BCUT2D eigenvalue weighted by Crippen LogP contribution is 2.29. The second kappa shape index (κ2) is 8.37. The van der Waals surface area contributed by atoms with Crippen molar-refractivity contribution in [2.75, 3.05) is 26.5 Å². The number of methoxy groups -OCH3 is 1. The third kappa shape index (κ3) is 4.65. The lowest BCUT2D eigenvalue weighted by Gasteiger charge is -2.13. The van der Waals surface area contributed by atoms with E-state index in [0.717, 1.165) is 22.7 Å². The first-order valence-corrected chi connectivity index (χ1v) is 10.2. The molecule has 7 nitrogen and oxygen atoms in total. The van der Waals surface area contributed by atoms with Gasteiger partial charge in [0.2, 0.25) is 10.0 Å². The Morgan fingerprint density at radius 3 is 2.57 bits per heavy atom. The molecule has 0 aliphatic rings. The van der Waals surface area contributed by atoms with Crippen LogP contribution in [0.5, 0.6) is 5.75 Å². The van der Waals surface area contributed by atoms with Crippen molar-refractivity contribution in [1.82, 2.24) is 14.3 Å². The normalized spacial score (nSPS) is 11.4. The molecule has 1 N–H and O–H groups in total. The van der Waals surface area contributed by atoms with Crippen LogP contribution in [0.1, 0.15) is 5.56 Å². The van der Waals surface area contributed by atoms with Crippen LogP contribution >= 0.6 is 0 Å². The van der Waals surface area contributed by atoms with Gasteiger partial charge in [-0.3, -0.25) is 0 Å². The second-order valence-corrected chi connectivity index (χ2v) is 8.54. The molecule has 0 saturated carbocycles. The summed E-state index contributed by atoms with van der Waals surface area (Å²) in [5, 5.41) is 3.21. The average Bonchev–Trinajstić information content (AvgIpc) is 2.68. The Bertz CT molecular complexity index is 1070. The van der Waals surface area contributed by atoms with Crippen molar-refractivity contribution in [3.05, 3.63) is 66.5 Å². The van der Waals surface area contributed by atoms with E-state index in [1.165, 1.54) is 24.7 Å². The zero-order valence-corrected chi connectivity index (χ0v) is 16.8. The number of aromatic nitrogens is 2. The lowest BCUT2D eigenvalue weighted by atomic mass is 10.1. The fraction of sp³-hybridized carbons (Fsp3) is 0.200. The molecule has 0 aliphatic carbocycles. The number of benzene rings is 2. The number of hydrogen-bond donors (Lipinski definition) is 1. The standard InChI is InChI=1S/C20H22N4O3S/c1-24(2)28(25,26)13-15-7-6-8-16(11-15)23-20-12-18(21-14-22-20)17-9-4-5-10-19(17)27-3/h4-12,14H,13H2,1-3H3,(H,21,22,23). The van der Waals surface area contributed by atoms with Crippen LogP contribution in [0.2, 0.25) is 0 Å². The van der Waals surface area contributed by atoms with E-state index in [1.807, 2.05) is 42.5 Å². The minimum absolute atomic E-state index is 0.0637. The number of nitrogens with zero attached hydrogens (tertiary/aromatic N) is 3. The topological polar surface area (TPSA) is 84.4 Å². The summed E-state index contributed by atoms with van der Waals surface area (Å²) < 4.78 is 30.8. The molecule has 146 valence electrons.